The Morgan fingerprint density at radius 2 is 1.83 bits per heavy atom. The van der Waals surface area contributed by atoms with Crippen LogP contribution >= 0.6 is 0 Å². The normalized spacial score (nSPS) is 11.3. The van der Waals surface area contributed by atoms with E-state index in [-0.39, 0.29) is 22.0 Å². The van der Waals surface area contributed by atoms with Gasteiger partial charge in [0, 0.05) is 24.4 Å². The van der Waals surface area contributed by atoms with E-state index in [0.29, 0.717) is 28.1 Å². The van der Waals surface area contributed by atoms with E-state index in [9.17, 15) is 18.0 Å². The van der Waals surface area contributed by atoms with Gasteiger partial charge in [-0.25, -0.2) is 23.0 Å². The predicted molar refractivity (Wildman–Crippen MR) is 129 cm³/mol. The molecule has 0 saturated heterocycles. The minimum atomic E-state index is -3.93. The van der Waals surface area contributed by atoms with E-state index < -0.39 is 21.8 Å². The van der Waals surface area contributed by atoms with Gasteiger partial charge in [-0.2, -0.15) is 0 Å². The number of carbonyl (C=O) groups is 2. The number of aliphatic carboxylic acids is 1. The standard InChI is InChI=1S/C25H24N2O7S/c1-16-13-17(6-11-22(28)29)14-21(25(30)34-3)23(16)27-15-18-5-4-12-26-24(18)35(31,32)20-9-7-19(33-2)8-10-20/h4-14,27H,15H2,1-3H3,(H,28,29)/b11-6+. The number of sulfone groups is 1. The van der Waals surface area contributed by atoms with Crippen LogP contribution in [0.15, 0.2) is 70.7 Å². The Bertz CT molecular complexity index is 1380. The molecule has 0 spiro atoms. The quantitative estimate of drug-likeness (QED) is 0.336. The number of ether oxygens (including phenoxy) is 2. The Labute approximate surface area is 203 Å². The maximum absolute atomic E-state index is 13.3. The molecule has 3 aromatic rings. The SMILES string of the molecule is COC(=O)c1cc(/C=C/C(=O)O)cc(C)c1NCc1cccnc1S(=O)(=O)c1ccc(OC)cc1. The van der Waals surface area contributed by atoms with Crippen LogP contribution < -0.4 is 10.1 Å². The smallest absolute Gasteiger partial charge is 0.339 e. The van der Waals surface area contributed by atoms with Gasteiger partial charge in [0.15, 0.2) is 5.03 Å². The molecule has 0 unspecified atom stereocenters. The van der Waals surface area contributed by atoms with Gasteiger partial charge >= 0.3 is 11.9 Å². The van der Waals surface area contributed by atoms with Crippen molar-refractivity contribution in [1.29, 1.82) is 0 Å². The summed E-state index contributed by atoms with van der Waals surface area (Å²) in [5.41, 5.74) is 2.15. The van der Waals surface area contributed by atoms with Crippen molar-refractivity contribution in [2.24, 2.45) is 0 Å². The van der Waals surface area contributed by atoms with Crippen LogP contribution in [0.3, 0.4) is 0 Å². The van der Waals surface area contributed by atoms with Crippen LogP contribution in [0.5, 0.6) is 5.75 Å². The summed E-state index contributed by atoms with van der Waals surface area (Å²) in [6.45, 7) is 1.79. The van der Waals surface area contributed by atoms with Gasteiger partial charge in [0.25, 0.3) is 0 Å². The van der Waals surface area contributed by atoms with Gasteiger partial charge in [-0.1, -0.05) is 6.07 Å². The number of hydrogen-bond acceptors (Lipinski definition) is 8. The summed E-state index contributed by atoms with van der Waals surface area (Å²) in [5.74, 6) is -1.22. The molecule has 0 aliphatic rings. The highest BCUT2D eigenvalue weighted by Gasteiger charge is 2.23. The summed E-state index contributed by atoms with van der Waals surface area (Å²) in [4.78, 5) is 27.5. The molecule has 3 rings (SSSR count). The van der Waals surface area contributed by atoms with E-state index in [2.05, 4.69) is 10.3 Å². The molecule has 10 heteroatoms. The van der Waals surface area contributed by atoms with Crippen molar-refractivity contribution in [2.45, 2.75) is 23.4 Å². The molecule has 0 atom stereocenters. The number of hydrogen-bond donors (Lipinski definition) is 2. The fourth-order valence-corrected chi connectivity index (χ4v) is 4.84. The number of benzene rings is 2. The number of esters is 1. The summed E-state index contributed by atoms with van der Waals surface area (Å²) >= 11 is 0. The van der Waals surface area contributed by atoms with Crippen molar-refractivity contribution in [1.82, 2.24) is 4.98 Å². The number of pyridine rings is 1. The van der Waals surface area contributed by atoms with Crippen molar-refractivity contribution in [3.05, 3.63) is 83.1 Å². The minimum absolute atomic E-state index is 0.0493. The second kappa shape index (κ2) is 10.8. The number of nitrogens with one attached hydrogen (secondary N) is 1. The first-order valence-corrected chi connectivity index (χ1v) is 11.9. The van der Waals surface area contributed by atoms with Crippen LogP contribution in [0, 0.1) is 6.92 Å². The van der Waals surface area contributed by atoms with E-state index in [1.165, 1.54) is 44.7 Å². The summed E-state index contributed by atoms with van der Waals surface area (Å²) in [7, 11) is -1.20. The number of aromatic nitrogens is 1. The third-order valence-corrected chi connectivity index (χ3v) is 6.88. The van der Waals surface area contributed by atoms with Gasteiger partial charge < -0.3 is 19.9 Å². The fourth-order valence-electron chi connectivity index (χ4n) is 3.44. The number of methoxy groups -OCH3 is 2. The second-order valence-corrected chi connectivity index (χ2v) is 9.29. The lowest BCUT2D eigenvalue weighted by molar-refractivity contribution is -0.131. The molecule has 2 N–H and O–H groups in total. The molecule has 9 nitrogen and oxygen atoms in total. The Morgan fingerprint density at radius 1 is 1.11 bits per heavy atom. The molecule has 0 fully saturated rings. The van der Waals surface area contributed by atoms with Crippen LogP contribution in [0.1, 0.15) is 27.0 Å². The highest BCUT2D eigenvalue weighted by atomic mass is 32.2. The van der Waals surface area contributed by atoms with Crippen molar-refractivity contribution >= 4 is 33.5 Å². The number of rotatable bonds is 9. The lowest BCUT2D eigenvalue weighted by Crippen LogP contribution is -2.14. The molecular weight excluding hydrogens is 472 g/mol. The molecule has 0 aliphatic carbocycles. The van der Waals surface area contributed by atoms with Crippen LogP contribution in [0.2, 0.25) is 0 Å². The summed E-state index contributed by atoms with van der Waals surface area (Å²) in [6.07, 6.45) is 3.73. The minimum Gasteiger partial charge on any atom is -0.497 e. The third kappa shape index (κ3) is 5.85. The van der Waals surface area contributed by atoms with Gasteiger partial charge in [0.05, 0.1) is 30.4 Å². The van der Waals surface area contributed by atoms with Gasteiger partial charge in [0.2, 0.25) is 9.84 Å². The van der Waals surface area contributed by atoms with Gasteiger partial charge in [-0.05, 0) is 66.6 Å². The topological polar surface area (TPSA) is 132 Å². The summed E-state index contributed by atoms with van der Waals surface area (Å²) in [5, 5.41) is 11.9. The largest absolute Gasteiger partial charge is 0.497 e. The van der Waals surface area contributed by atoms with Crippen molar-refractivity contribution in [3.8, 4) is 5.75 Å². The Morgan fingerprint density at radius 3 is 2.46 bits per heavy atom. The van der Waals surface area contributed by atoms with Crippen molar-refractivity contribution < 1.29 is 32.6 Å². The fraction of sp³-hybridized carbons (Fsp3) is 0.160. The van der Waals surface area contributed by atoms with E-state index in [4.69, 9.17) is 14.6 Å². The molecule has 1 aromatic heterocycles. The van der Waals surface area contributed by atoms with Gasteiger partial charge in [-0.3, -0.25) is 0 Å². The van der Waals surface area contributed by atoms with Crippen molar-refractivity contribution in [2.75, 3.05) is 19.5 Å². The maximum atomic E-state index is 13.3. The molecule has 0 amide bonds. The first kappa shape index (κ1) is 25.4. The lowest BCUT2D eigenvalue weighted by Gasteiger charge is -2.16. The van der Waals surface area contributed by atoms with E-state index in [0.717, 1.165) is 6.08 Å². The highest BCUT2D eigenvalue weighted by Crippen LogP contribution is 2.28. The number of carboxylic acids is 1. The Kier molecular flexibility index (Phi) is 7.87. The van der Waals surface area contributed by atoms with Crippen LogP contribution in [-0.2, 0) is 25.9 Å². The summed E-state index contributed by atoms with van der Waals surface area (Å²) in [6, 6.07) is 12.5. The number of nitrogens with zero attached hydrogens (tertiary/aromatic N) is 1. The first-order valence-electron chi connectivity index (χ1n) is 10.4. The molecule has 2 aromatic carbocycles. The zero-order valence-corrected chi connectivity index (χ0v) is 20.1. The molecule has 1 heterocycles. The van der Waals surface area contributed by atoms with Crippen molar-refractivity contribution in [3.63, 3.8) is 0 Å². The zero-order valence-electron chi connectivity index (χ0n) is 19.3. The number of carbonyl (C=O) groups excluding carboxylic acids is 1. The average Bonchev–Trinajstić information content (AvgIpc) is 2.86. The van der Waals surface area contributed by atoms with E-state index >= 15 is 0 Å². The van der Waals surface area contributed by atoms with Crippen LogP contribution in [-0.4, -0.2) is 44.7 Å². The molecular formula is C25H24N2O7S. The number of anilines is 1. The Hall–Kier alpha value is -4.18. The number of carboxylic acid groups (broad SMARTS) is 1. The van der Waals surface area contributed by atoms with Crippen LogP contribution in [0.4, 0.5) is 5.69 Å². The van der Waals surface area contributed by atoms with Gasteiger partial charge in [0.1, 0.15) is 5.75 Å². The van der Waals surface area contributed by atoms with Gasteiger partial charge in [-0.15, -0.1) is 0 Å². The average molecular weight is 497 g/mol. The van der Waals surface area contributed by atoms with Crippen LogP contribution in [0.25, 0.3) is 6.08 Å². The molecule has 0 bridgehead atoms. The zero-order chi connectivity index (χ0) is 25.6. The monoisotopic (exact) mass is 496 g/mol. The molecule has 0 aliphatic heterocycles. The number of aryl methyl sites for hydroxylation is 1. The molecule has 0 radical (unpaired) electrons. The molecule has 182 valence electrons. The third-order valence-electron chi connectivity index (χ3n) is 5.11. The molecule has 35 heavy (non-hydrogen) atoms. The highest BCUT2D eigenvalue weighted by molar-refractivity contribution is 7.91. The van der Waals surface area contributed by atoms with E-state index in [1.807, 2.05) is 0 Å². The lowest BCUT2D eigenvalue weighted by atomic mass is 10.0. The Balaban J connectivity index is 1.97. The summed E-state index contributed by atoms with van der Waals surface area (Å²) < 4.78 is 36.5. The first-order chi connectivity index (χ1) is 16.7. The maximum Gasteiger partial charge on any atom is 0.339 e. The second-order valence-electron chi connectivity index (χ2n) is 7.42. The van der Waals surface area contributed by atoms with E-state index in [1.54, 1.807) is 37.3 Å². The predicted octanol–water partition coefficient (Wildman–Crippen LogP) is 3.73. The molecule has 0 saturated carbocycles.